The molecular formula is C30H29BO3. The first kappa shape index (κ1) is 21.5. The maximum absolute atomic E-state index is 6.40. The van der Waals surface area contributed by atoms with E-state index in [0.29, 0.717) is 0 Å². The first-order valence-corrected chi connectivity index (χ1v) is 12.1. The van der Waals surface area contributed by atoms with Crippen LogP contribution < -0.4 is 5.46 Å². The van der Waals surface area contributed by atoms with Crippen LogP contribution in [0.15, 0.2) is 83.3 Å². The fourth-order valence-corrected chi connectivity index (χ4v) is 5.06. The molecule has 0 unspecified atom stereocenters. The maximum Gasteiger partial charge on any atom is 0.494 e. The van der Waals surface area contributed by atoms with Crippen molar-refractivity contribution in [2.24, 2.45) is 0 Å². The van der Waals surface area contributed by atoms with E-state index >= 15 is 0 Å². The number of rotatable bonds is 3. The van der Waals surface area contributed by atoms with Crippen molar-refractivity contribution in [1.82, 2.24) is 0 Å². The highest BCUT2D eigenvalue weighted by atomic mass is 16.7. The number of furan rings is 1. The number of benzene rings is 3. The highest BCUT2D eigenvalue weighted by Gasteiger charge is 2.51. The minimum atomic E-state index is -0.387. The largest absolute Gasteiger partial charge is 0.494 e. The second kappa shape index (κ2) is 7.73. The summed E-state index contributed by atoms with van der Waals surface area (Å²) in [5.74, 6) is 1.07. The molecule has 6 rings (SSSR count). The molecule has 4 heteroatoms. The third-order valence-electron chi connectivity index (χ3n) is 7.59. The zero-order valence-corrected chi connectivity index (χ0v) is 20.2. The average Bonchev–Trinajstić information content (AvgIpc) is 3.33. The zero-order valence-electron chi connectivity index (χ0n) is 20.2. The molecule has 1 saturated heterocycles. The van der Waals surface area contributed by atoms with Gasteiger partial charge in [0.25, 0.3) is 0 Å². The lowest BCUT2D eigenvalue weighted by atomic mass is 9.77. The summed E-state index contributed by atoms with van der Waals surface area (Å²) in [4.78, 5) is 0. The summed E-state index contributed by atoms with van der Waals surface area (Å²) < 4.78 is 19.1. The molecule has 1 aliphatic heterocycles. The lowest BCUT2D eigenvalue weighted by Crippen LogP contribution is -2.41. The van der Waals surface area contributed by atoms with Crippen molar-refractivity contribution < 1.29 is 13.7 Å². The highest BCUT2D eigenvalue weighted by molar-refractivity contribution is 6.62. The zero-order chi connectivity index (χ0) is 23.5. The van der Waals surface area contributed by atoms with E-state index in [9.17, 15) is 0 Å². The molecule has 3 nitrogen and oxygen atoms in total. The number of allylic oxidation sites excluding steroid dienone is 1. The lowest BCUT2D eigenvalue weighted by Gasteiger charge is -2.32. The van der Waals surface area contributed by atoms with Crippen molar-refractivity contribution >= 4 is 29.1 Å². The third kappa shape index (κ3) is 3.36. The second-order valence-electron chi connectivity index (χ2n) is 10.3. The fraction of sp³-hybridized carbons (Fsp3) is 0.267. The normalized spacial score (nSPS) is 18.7. The Hall–Kier alpha value is -3.08. The van der Waals surface area contributed by atoms with Crippen LogP contribution in [0.5, 0.6) is 0 Å². The summed E-state index contributed by atoms with van der Waals surface area (Å²) in [7, 11) is -0.387. The average molecular weight is 448 g/mol. The van der Waals surface area contributed by atoms with Crippen LogP contribution in [-0.4, -0.2) is 18.3 Å². The Kier molecular flexibility index (Phi) is 4.88. The summed E-state index contributed by atoms with van der Waals surface area (Å²) in [5, 5.41) is 1.18. The first-order valence-electron chi connectivity index (χ1n) is 12.1. The van der Waals surface area contributed by atoms with Crippen LogP contribution in [0.3, 0.4) is 0 Å². The van der Waals surface area contributed by atoms with Gasteiger partial charge in [-0.3, -0.25) is 0 Å². The van der Waals surface area contributed by atoms with Crippen LogP contribution >= 0.6 is 0 Å². The minimum absolute atomic E-state index is 0.368. The van der Waals surface area contributed by atoms with Gasteiger partial charge < -0.3 is 13.7 Å². The Bertz CT molecular complexity index is 1400. The van der Waals surface area contributed by atoms with Gasteiger partial charge in [0.05, 0.1) is 11.2 Å². The molecule has 0 saturated carbocycles. The van der Waals surface area contributed by atoms with E-state index in [2.05, 4.69) is 107 Å². The second-order valence-corrected chi connectivity index (χ2v) is 10.3. The van der Waals surface area contributed by atoms with Crippen molar-refractivity contribution in [3.63, 3.8) is 0 Å². The van der Waals surface area contributed by atoms with Gasteiger partial charge in [-0.25, -0.2) is 0 Å². The van der Waals surface area contributed by atoms with Crippen LogP contribution in [0.2, 0.25) is 0 Å². The van der Waals surface area contributed by atoms with Gasteiger partial charge in [0, 0.05) is 17.4 Å². The molecule has 0 N–H and O–H groups in total. The first-order chi connectivity index (χ1) is 16.3. The molecular weight excluding hydrogens is 419 g/mol. The molecule has 1 fully saturated rings. The van der Waals surface area contributed by atoms with Crippen LogP contribution in [0.4, 0.5) is 0 Å². The molecule has 2 aliphatic rings. The Labute approximate surface area is 201 Å². The summed E-state index contributed by atoms with van der Waals surface area (Å²) in [6.07, 6.45) is 4.27. The SMILES string of the molecule is CC1(C)OB(c2cccc(-c3cccc4oc5c(c34)C(c3ccccc3)=CCC5)c2)OC1(C)C. The molecule has 0 spiro atoms. The molecule has 0 radical (unpaired) electrons. The van der Waals surface area contributed by atoms with Crippen LogP contribution in [0.1, 0.15) is 51.0 Å². The van der Waals surface area contributed by atoms with Crippen molar-refractivity contribution in [2.75, 3.05) is 0 Å². The Morgan fingerprint density at radius 2 is 1.47 bits per heavy atom. The lowest BCUT2D eigenvalue weighted by molar-refractivity contribution is 0.00578. The highest BCUT2D eigenvalue weighted by Crippen LogP contribution is 2.43. The molecule has 1 aromatic heterocycles. The molecule has 4 aromatic rings. The van der Waals surface area contributed by atoms with Crippen molar-refractivity contribution in [3.05, 3.63) is 95.8 Å². The van der Waals surface area contributed by atoms with E-state index in [1.165, 1.54) is 27.6 Å². The van der Waals surface area contributed by atoms with Gasteiger partial charge in [-0.15, -0.1) is 0 Å². The van der Waals surface area contributed by atoms with E-state index in [1.54, 1.807) is 0 Å². The summed E-state index contributed by atoms with van der Waals surface area (Å²) in [6, 6.07) is 25.5. The van der Waals surface area contributed by atoms with E-state index in [4.69, 9.17) is 13.7 Å². The number of hydrogen-bond acceptors (Lipinski definition) is 3. The van der Waals surface area contributed by atoms with E-state index < -0.39 is 0 Å². The number of aryl methyl sites for hydroxylation is 1. The third-order valence-corrected chi connectivity index (χ3v) is 7.59. The van der Waals surface area contributed by atoms with Gasteiger partial charge in [-0.05, 0) is 67.9 Å². The van der Waals surface area contributed by atoms with E-state index in [-0.39, 0.29) is 18.3 Å². The van der Waals surface area contributed by atoms with Gasteiger partial charge in [-0.2, -0.15) is 0 Å². The Morgan fingerprint density at radius 1 is 0.765 bits per heavy atom. The monoisotopic (exact) mass is 448 g/mol. The predicted octanol–water partition coefficient (Wildman–Crippen LogP) is 6.78. The molecule has 170 valence electrons. The molecule has 3 aromatic carbocycles. The smallest absolute Gasteiger partial charge is 0.460 e. The van der Waals surface area contributed by atoms with Crippen LogP contribution in [0, 0.1) is 0 Å². The van der Waals surface area contributed by atoms with Crippen molar-refractivity contribution in [1.29, 1.82) is 0 Å². The van der Waals surface area contributed by atoms with Crippen molar-refractivity contribution in [3.8, 4) is 11.1 Å². The Balaban J connectivity index is 1.49. The number of hydrogen-bond donors (Lipinski definition) is 0. The van der Waals surface area contributed by atoms with Gasteiger partial charge in [0.2, 0.25) is 0 Å². The molecule has 2 heterocycles. The molecule has 1 aliphatic carbocycles. The molecule has 0 atom stereocenters. The molecule has 0 bridgehead atoms. The quantitative estimate of drug-likeness (QED) is 0.324. The van der Waals surface area contributed by atoms with Crippen molar-refractivity contribution in [2.45, 2.75) is 51.7 Å². The topological polar surface area (TPSA) is 31.6 Å². The van der Waals surface area contributed by atoms with E-state index in [0.717, 1.165) is 35.2 Å². The fourth-order valence-electron chi connectivity index (χ4n) is 5.06. The van der Waals surface area contributed by atoms with Crippen LogP contribution in [-0.2, 0) is 15.7 Å². The maximum atomic E-state index is 6.40. The summed E-state index contributed by atoms with van der Waals surface area (Å²) in [6.45, 7) is 8.36. The van der Waals surface area contributed by atoms with E-state index in [1.807, 2.05) is 0 Å². The summed E-state index contributed by atoms with van der Waals surface area (Å²) >= 11 is 0. The predicted molar refractivity (Wildman–Crippen MR) is 139 cm³/mol. The number of fused-ring (bicyclic) bond motifs is 3. The van der Waals surface area contributed by atoms with Crippen LogP contribution in [0.25, 0.3) is 27.7 Å². The standard InChI is InChI=1S/C30H29BO3/c1-29(2)30(3,4)34-31(33-29)22-14-8-13-21(19-22)24-16-10-18-26-28(24)27-23(15-9-17-25(27)32-26)20-11-6-5-7-12-20/h5-8,10-16,18-19H,9,17H2,1-4H3. The molecule has 34 heavy (non-hydrogen) atoms. The minimum Gasteiger partial charge on any atom is -0.460 e. The van der Waals surface area contributed by atoms with Gasteiger partial charge in [0.15, 0.2) is 0 Å². The summed E-state index contributed by atoms with van der Waals surface area (Å²) in [5.41, 5.74) is 7.26. The van der Waals surface area contributed by atoms with Gasteiger partial charge in [-0.1, -0.05) is 72.8 Å². The van der Waals surface area contributed by atoms with Gasteiger partial charge in [0.1, 0.15) is 11.3 Å². The Morgan fingerprint density at radius 3 is 2.24 bits per heavy atom. The molecule has 0 amide bonds. The van der Waals surface area contributed by atoms with Gasteiger partial charge >= 0.3 is 7.12 Å².